The van der Waals surface area contributed by atoms with Crippen LogP contribution in [0.3, 0.4) is 0 Å². The molecule has 1 heterocycles. The molecule has 0 saturated heterocycles. The molecule has 3 N–H and O–H groups in total. The molecule has 0 unspecified atom stereocenters. The van der Waals surface area contributed by atoms with E-state index in [1.807, 2.05) is 0 Å². The Labute approximate surface area is 116 Å². The number of pyridine rings is 1. The molecule has 0 bridgehead atoms. The molecule has 1 saturated carbocycles. The van der Waals surface area contributed by atoms with Crippen LogP contribution >= 0.6 is 0 Å². The first-order valence-electron chi connectivity index (χ1n) is 6.71. The van der Waals surface area contributed by atoms with Gasteiger partial charge in [-0.3, -0.25) is 10.2 Å². The summed E-state index contributed by atoms with van der Waals surface area (Å²) in [4.78, 5) is 23.3. The Balaban J connectivity index is 1.75. The van der Waals surface area contributed by atoms with Crippen LogP contribution in [0.4, 0.5) is 4.79 Å². The van der Waals surface area contributed by atoms with Gasteiger partial charge >= 0.3 is 6.03 Å². The van der Waals surface area contributed by atoms with Crippen LogP contribution in [0.25, 0.3) is 0 Å². The molecule has 1 aliphatic carbocycles. The van der Waals surface area contributed by atoms with Crippen molar-refractivity contribution in [1.29, 1.82) is 0 Å². The molecule has 7 nitrogen and oxygen atoms in total. The topological polar surface area (TPSA) is 97.2 Å². The quantitative estimate of drug-likeness (QED) is 0.420. The molecule has 0 spiro atoms. The lowest BCUT2D eigenvalue weighted by Gasteiger charge is -2.22. The minimum Gasteiger partial charge on any atom is -0.619 e. The summed E-state index contributed by atoms with van der Waals surface area (Å²) in [6.07, 6.45) is 7.85. The van der Waals surface area contributed by atoms with Gasteiger partial charge < -0.3 is 10.5 Å². The fourth-order valence-electron chi connectivity index (χ4n) is 2.22. The number of carbonyl (C=O) groups is 2. The van der Waals surface area contributed by atoms with E-state index in [2.05, 4.69) is 16.2 Å². The predicted molar refractivity (Wildman–Crippen MR) is 71.4 cm³/mol. The highest BCUT2D eigenvalue weighted by molar-refractivity contribution is 5.94. The predicted octanol–water partition coefficient (Wildman–Crippen LogP) is 0.597. The summed E-state index contributed by atoms with van der Waals surface area (Å²) in [5.74, 6) is -0.468. The summed E-state index contributed by atoms with van der Waals surface area (Å²) >= 11 is 0. The monoisotopic (exact) mass is 278 g/mol. The number of carbonyl (C=O) groups excluding carboxylic acids is 2. The molecular formula is C13H18N4O3. The Kier molecular flexibility index (Phi) is 4.75. The van der Waals surface area contributed by atoms with Gasteiger partial charge in [0, 0.05) is 18.2 Å². The van der Waals surface area contributed by atoms with Crippen LogP contribution in [-0.4, -0.2) is 18.0 Å². The van der Waals surface area contributed by atoms with Crippen LogP contribution in [0.1, 0.15) is 42.5 Å². The molecule has 0 aliphatic heterocycles. The maximum Gasteiger partial charge on any atom is 0.333 e. The normalized spacial score (nSPS) is 15.4. The van der Waals surface area contributed by atoms with Gasteiger partial charge in [0.15, 0.2) is 12.4 Å². The van der Waals surface area contributed by atoms with E-state index in [0.29, 0.717) is 10.3 Å². The molecule has 1 aliphatic rings. The molecular weight excluding hydrogens is 260 g/mol. The van der Waals surface area contributed by atoms with Crippen LogP contribution in [-0.2, 0) is 0 Å². The van der Waals surface area contributed by atoms with Crippen LogP contribution in [0.2, 0.25) is 0 Å². The van der Waals surface area contributed by atoms with E-state index in [1.54, 1.807) is 0 Å². The van der Waals surface area contributed by atoms with Crippen molar-refractivity contribution >= 4 is 11.9 Å². The van der Waals surface area contributed by atoms with Gasteiger partial charge in [0.1, 0.15) is 0 Å². The second kappa shape index (κ2) is 6.74. The summed E-state index contributed by atoms with van der Waals surface area (Å²) in [5, 5.41) is 13.7. The SMILES string of the molecule is O=C(NNC(=O)c1cc[n+]([O-])cc1)NC1CCCCC1. The molecule has 20 heavy (non-hydrogen) atoms. The third kappa shape index (κ3) is 4.11. The van der Waals surface area contributed by atoms with Crippen molar-refractivity contribution in [2.45, 2.75) is 38.1 Å². The molecule has 0 radical (unpaired) electrons. The Hall–Kier alpha value is -2.31. The first-order chi connectivity index (χ1) is 9.65. The number of nitrogens with one attached hydrogen (secondary N) is 3. The zero-order valence-corrected chi connectivity index (χ0v) is 11.1. The summed E-state index contributed by atoms with van der Waals surface area (Å²) < 4.78 is 0.583. The van der Waals surface area contributed by atoms with Gasteiger partial charge in [0.25, 0.3) is 5.91 Å². The fourth-order valence-corrected chi connectivity index (χ4v) is 2.22. The van der Waals surface area contributed by atoms with Crippen LogP contribution in [0, 0.1) is 5.21 Å². The van der Waals surface area contributed by atoms with Crippen molar-refractivity contribution in [3.63, 3.8) is 0 Å². The van der Waals surface area contributed by atoms with E-state index in [4.69, 9.17) is 0 Å². The van der Waals surface area contributed by atoms with Gasteiger partial charge in [-0.25, -0.2) is 10.2 Å². The fraction of sp³-hybridized carbons (Fsp3) is 0.462. The minimum absolute atomic E-state index is 0.178. The van der Waals surface area contributed by atoms with E-state index in [9.17, 15) is 14.8 Å². The second-order valence-electron chi connectivity index (χ2n) is 4.83. The molecule has 0 aromatic carbocycles. The van der Waals surface area contributed by atoms with E-state index in [0.717, 1.165) is 25.7 Å². The maximum absolute atomic E-state index is 11.7. The van der Waals surface area contributed by atoms with Crippen LogP contribution in [0.5, 0.6) is 0 Å². The third-order valence-electron chi connectivity index (χ3n) is 3.29. The maximum atomic E-state index is 11.7. The number of hydrazine groups is 1. The van der Waals surface area contributed by atoms with E-state index in [-0.39, 0.29) is 6.04 Å². The second-order valence-corrected chi connectivity index (χ2v) is 4.83. The van der Waals surface area contributed by atoms with Crippen molar-refractivity contribution in [1.82, 2.24) is 16.2 Å². The zero-order chi connectivity index (χ0) is 14.4. The van der Waals surface area contributed by atoms with E-state index < -0.39 is 11.9 Å². The van der Waals surface area contributed by atoms with Gasteiger partial charge in [0.05, 0.1) is 5.56 Å². The first kappa shape index (κ1) is 14.1. The van der Waals surface area contributed by atoms with Crippen molar-refractivity contribution in [2.24, 2.45) is 0 Å². The highest BCUT2D eigenvalue weighted by atomic mass is 16.5. The van der Waals surface area contributed by atoms with E-state index >= 15 is 0 Å². The molecule has 7 heteroatoms. The number of urea groups is 1. The minimum atomic E-state index is -0.468. The number of aromatic nitrogens is 1. The number of hydrogen-bond donors (Lipinski definition) is 3. The lowest BCUT2D eigenvalue weighted by atomic mass is 9.96. The number of hydrogen-bond acceptors (Lipinski definition) is 3. The Morgan fingerprint density at radius 2 is 1.75 bits per heavy atom. The third-order valence-corrected chi connectivity index (χ3v) is 3.29. The standard InChI is InChI=1S/C13H18N4O3/c18-12(10-6-8-17(20)9-7-10)15-16-13(19)14-11-4-2-1-3-5-11/h6-9,11H,1-5H2,(H,15,18)(H2,14,16,19). The lowest BCUT2D eigenvalue weighted by molar-refractivity contribution is -0.605. The molecule has 2 rings (SSSR count). The Morgan fingerprint density at radius 1 is 1.10 bits per heavy atom. The van der Waals surface area contributed by atoms with Gasteiger partial charge in [-0.15, -0.1) is 0 Å². The number of amides is 3. The molecule has 1 aromatic rings. The lowest BCUT2D eigenvalue weighted by Crippen LogP contribution is -2.50. The summed E-state index contributed by atoms with van der Waals surface area (Å²) in [6.45, 7) is 0. The molecule has 108 valence electrons. The van der Waals surface area contributed by atoms with Crippen LogP contribution < -0.4 is 20.9 Å². The van der Waals surface area contributed by atoms with Crippen molar-refractivity contribution in [2.75, 3.05) is 0 Å². The zero-order valence-electron chi connectivity index (χ0n) is 11.1. The Morgan fingerprint density at radius 3 is 2.40 bits per heavy atom. The van der Waals surface area contributed by atoms with Crippen molar-refractivity contribution in [3.05, 3.63) is 35.3 Å². The van der Waals surface area contributed by atoms with Crippen molar-refractivity contribution in [3.8, 4) is 0 Å². The largest absolute Gasteiger partial charge is 0.619 e. The molecule has 3 amide bonds. The van der Waals surface area contributed by atoms with Gasteiger partial charge in [-0.1, -0.05) is 19.3 Å². The average Bonchev–Trinajstić information content (AvgIpc) is 2.46. The number of nitrogens with zero attached hydrogens (tertiary/aromatic N) is 1. The first-order valence-corrected chi connectivity index (χ1v) is 6.71. The molecule has 0 atom stereocenters. The molecule has 1 fully saturated rings. The Bertz CT molecular complexity index is 469. The highest BCUT2D eigenvalue weighted by Crippen LogP contribution is 2.16. The van der Waals surface area contributed by atoms with Gasteiger partial charge in [0.2, 0.25) is 0 Å². The summed E-state index contributed by atoms with van der Waals surface area (Å²) in [7, 11) is 0. The van der Waals surface area contributed by atoms with Crippen molar-refractivity contribution < 1.29 is 14.3 Å². The highest BCUT2D eigenvalue weighted by Gasteiger charge is 2.16. The summed E-state index contributed by atoms with van der Waals surface area (Å²) in [6, 6.07) is 2.52. The number of rotatable bonds is 2. The van der Waals surface area contributed by atoms with Gasteiger partial charge in [-0.2, -0.15) is 4.73 Å². The summed E-state index contributed by atoms with van der Waals surface area (Å²) in [5.41, 5.74) is 4.90. The molecule has 1 aromatic heterocycles. The average molecular weight is 278 g/mol. The van der Waals surface area contributed by atoms with E-state index in [1.165, 1.54) is 30.9 Å². The van der Waals surface area contributed by atoms with Gasteiger partial charge in [-0.05, 0) is 12.8 Å². The van der Waals surface area contributed by atoms with Crippen LogP contribution in [0.15, 0.2) is 24.5 Å². The smallest absolute Gasteiger partial charge is 0.333 e.